The highest BCUT2D eigenvalue weighted by molar-refractivity contribution is 7.71. The fraction of sp³-hybridized carbons (Fsp3) is 0.500. The van der Waals surface area contributed by atoms with Crippen LogP contribution in [-0.4, -0.2) is 59.8 Å². The second-order valence-electron chi connectivity index (χ2n) is 4.29. The quantitative estimate of drug-likeness (QED) is 0.528. The summed E-state index contributed by atoms with van der Waals surface area (Å²) in [6.07, 6.45) is -1.17. The first-order chi connectivity index (χ1) is 9.13. The summed E-state index contributed by atoms with van der Waals surface area (Å²) >= 11 is 5.12. The molecular weight excluding hydrogens is 272 g/mol. The summed E-state index contributed by atoms with van der Waals surface area (Å²) < 4.78 is 7.24. The number of aliphatic hydroxyl groups is 3. The van der Waals surface area contributed by atoms with Gasteiger partial charge in [-0.05, 0) is 0 Å². The molecule has 1 fully saturated rings. The zero-order valence-corrected chi connectivity index (χ0v) is 10.5. The Morgan fingerprint density at radius 2 is 2.16 bits per heavy atom. The van der Waals surface area contributed by atoms with E-state index in [2.05, 4.69) is 15.0 Å². The van der Waals surface area contributed by atoms with Crippen molar-refractivity contribution in [3.63, 3.8) is 0 Å². The van der Waals surface area contributed by atoms with Crippen LogP contribution in [0, 0.1) is 4.64 Å². The molecule has 1 aliphatic heterocycles. The topological polar surface area (TPSA) is 116 Å². The number of H-pyrrole nitrogens is 1. The molecule has 2 aromatic rings. The highest BCUT2D eigenvalue weighted by Crippen LogP contribution is 2.31. The standard InChI is InChI=1S/C10H12N4O4S/c15-1-4-6(16)7(17)10(18-4)14-3-13-8-5(14)9(19)12-2-11-8/h2-4,6-7,10,15-17H,1H2,(H,11,12,19)/t4-,6+,7+,10-/m0/s1. The maximum atomic E-state index is 9.98. The van der Waals surface area contributed by atoms with Gasteiger partial charge < -0.3 is 25.0 Å². The number of rotatable bonds is 2. The molecular formula is C10H12N4O4S. The van der Waals surface area contributed by atoms with Crippen LogP contribution in [0.4, 0.5) is 0 Å². The maximum Gasteiger partial charge on any atom is 0.164 e. The largest absolute Gasteiger partial charge is 0.394 e. The zero-order chi connectivity index (χ0) is 13.6. The zero-order valence-electron chi connectivity index (χ0n) is 9.67. The first kappa shape index (κ1) is 12.6. The van der Waals surface area contributed by atoms with Gasteiger partial charge in [-0.2, -0.15) is 0 Å². The van der Waals surface area contributed by atoms with E-state index in [0.29, 0.717) is 15.8 Å². The molecule has 0 aromatic carbocycles. The minimum absolute atomic E-state index is 0.309. The van der Waals surface area contributed by atoms with E-state index < -0.39 is 24.5 Å². The molecule has 0 amide bonds. The first-order valence-corrected chi connectivity index (χ1v) is 6.07. The Bertz CT molecular complexity index is 656. The Morgan fingerprint density at radius 1 is 1.37 bits per heavy atom. The summed E-state index contributed by atoms with van der Waals surface area (Å²) in [4.78, 5) is 10.9. The van der Waals surface area contributed by atoms with Crippen LogP contribution in [0.1, 0.15) is 6.23 Å². The van der Waals surface area contributed by atoms with Gasteiger partial charge in [-0.15, -0.1) is 0 Å². The highest BCUT2D eigenvalue weighted by Gasteiger charge is 2.43. The minimum atomic E-state index is -1.18. The average Bonchev–Trinajstić information content (AvgIpc) is 2.94. The molecule has 2 aromatic heterocycles. The Hall–Kier alpha value is -1.39. The van der Waals surface area contributed by atoms with E-state index in [1.165, 1.54) is 17.2 Å². The predicted molar refractivity (Wildman–Crippen MR) is 65.7 cm³/mol. The van der Waals surface area contributed by atoms with Gasteiger partial charge in [0.05, 0.1) is 19.3 Å². The lowest BCUT2D eigenvalue weighted by Gasteiger charge is -2.16. The molecule has 8 nitrogen and oxygen atoms in total. The van der Waals surface area contributed by atoms with E-state index in [0.717, 1.165) is 0 Å². The van der Waals surface area contributed by atoms with E-state index in [1.54, 1.807) is 0 Å². The Morgan fingerprint density at radius 3 is 2.84 bits per heavy atom. The lowest BCUT2D eigenvalue weighted by molar-refractivity contribution is -0.0509. The number of aliphatic hydroxyl groups excluding tert-OH is 3. The number of nitrogens with one attached hydrogen (secondary N) is 1. The van der Waals surface area contributed by atoms with E-state index in [1.807, 2.05) is 0 Å². The van der Waals surface area contributed by atoms with Crippen LogP contribution >= 0.6 is 12.2 Å². The van der Waals surface area contributed by atoms with Gasteiger partial charge in [-0.25, -0.2) is 9.97 Å². The smallest absolute Gasteiger partial charge is 0.164 e. The number of fused-ring (bicyclic) bond motifs is 1. The van der Waals surface area contributed by atoms with E-state index in [9.17, 15) is 10.2 Å². The summed E-state index contributed by atoms with van der Waals surface area (Å²) in [7, 11) is 0. The van der Waals surface area contributed by atoms with Crippen LogP contribution in [0.5, 0.6) is 0 Å². The first-order valence-electron chi connectivity index (χ1n) is 5.66. The van der Waals surface area contributed by atoms with Gasteiger partial charge in [0.2, 0.25) is 0 Å². The van der Waals surface area contributed by atoms with Crippen LogP contribution in [0.3, 0.4) is 0 Å². The third-order valence-corrected chi connectivity index (χ3v) is 3.47. The van der Waals surface area contributed by atoms with Gasteiger partial charge in [-0.3, -0.25) is 4.57 Å². The molecule has 0 spiro atoms. The number of imidazole rings is 1. The number of nitrogens with zero attached hydrogens (tertiary/aromatic N) is 3. The molecule has 0 bridgehead atoms. The van der Waals surface area contributed by atoms with Crippen molar-refractivity contribution in [2.45, 2.75) is 24.5 Å². The van der Waals surface area contributed by atoms with Gasteiger partial charge >= 0.3 is 0 Å². The molecule has 0 unspecified atom stereocenters. The molecule has 0 radical (unpaired) electrons. The summed E-state index contributed by atoms with van der Waals surface area (Å²) in [5.41, 5.74) is 1.02. The Balaban J connectivity index is 2.08. The number of aromatic nitrogens is 4. The number of ether oxygens (including phenoxy) is 1. The van der Waals surface area contributed by atoms with Crippen molar-refractivity contribution in [1.29, 1.82) is 0 Å². The molecule has 1 saturated heterocycles. The summed E-state index contributed by atoms with van der Waals surface area (Å²) in [5, 5.41) is 28.8. The van der Waals surface area contributed by atoms with E-state index >= 15 is 0 Å². The predicted octanol–water partition coefficient (Wildman–Crippen LogP) is -0.900. The van der Waals surface area contributed by atoms with Crippen molar-refractivity contribution >= 4 is 23.4 Å². The fourth-order valence-corrected chi connectivity index (χ4v) is 2.45. The Kier molecular flexibility index (Phi) is 3.07. The fourth-order valence-electron chi connectivity index (χ4n) is 2.19. The van der Waals surface area contributed by atoms with Gasteiger partial charge in [0.1, 0.15) is 23.8 Å². The van der Waals surface area contributed by atoms with Gasteiger partial charge in [0.15, 0.2) is 16.5 Å². The van der Waals surface area contributed by atoms with Crippen LogP contribution in [0.2, 0.25) is 0 Å². The number of hydrogen-bond acceptors (Lipinski definition) is 7. The van der Waals surface area contributed by atoms with Gasteiger partial charge in [0, 0.05) is 0 Å². The molecule has 0 saturated carbocycles. The summed E-state index contributed by atoms with van der Waals surface area (Å²) in [6.45, 7) is -0.382. The van der Waals surface area contributed by atoms with Crippen LogP contribution in [0.15, 0.2) is 12.7 Å². The highest BCUT2D eigenvalue weighted by atomic mass is 32.1. The molecule has 3 heterocycles. The number of hydrogen-bond donors (Lipinski definition) is 4. The Labute approximate surface area is 112 Å². The second-order valence-corrected chi connectivity index (χ2v) is 4.67. The second kappa shape index (κ2) is 4.62. The van der Waals surface area contributed by atoms with E-state index in [-0.39, 0.29) is 6.61 Å². The van der Waals surface area contributed by atoms with Crippen molar-refractivity contribution in [2.75, 3.05) is 6.61 Å². The van der Waals surface area contributed by atoms with Gasteiger partial charge in [-0.1, -0.05) is 12.2 Å². The van der Waals surface area contributed by atoms with Crippen molar-refractivity contribution in [3.05, 3.63) is 17.3 Å². The van der Waals surface area contributed by atoms with Gasteiger partial charge in [0.25, 0.3) is 0 Å². The van der Waals surface area contributed by atoms with Crippen LogP contribution in [0.25, 0.3) is 11.2 Å². The van der Waals surface area contributed by atoms with Crippen LogP contribution < -0.4 is 0 Å². The molecule has 4 N–H and O–H groups in total. The third-order valence-electron chi connectivity index (χ3n) is 3.17. The summed E-state index contributed by atoms with van der Waals surface area (Å²) in [6, 6.07) is 0. The lowest BCUT2D eigenvalue weighted by atomic mass is 10.1. The maximum absolute atomic E-state index is 9.98. The molecule has 19 heavy (non-hydrogen) atoms. The third kappa shape index (κ3) is 1.86. The van der Waals surface area contributed by atoms with Crippen molar-refractivity contribution in [1.82, 2.24) is 19.5 Å². The summed E-state index contributed by atoms with van der Waals surface area (Å²) in [5.74, 6) is 0. The molecule has 4 atom stereocenters. The van der Waals surface area contributed by atoms with Crippen molar-refractivity contribution in [2.24, 2.45) is 0 Å². The molecule has 3 rings (SSSR count). The molecule has 0 aliphatic carbocycles. The lowest BCUT2D eigenvalue weighted by Crippen LogP contribution is -2.33. The SMILES string of the molecule is OC[C@@H]1O[C@H](n2cnc3[nH]cnc(=S)c32)[C@H](O)[C@@H]1O. The van der Waals surface area contributed by atoms with E-state index in [4.69, 9.17) is 22.1 Å². The molecule has 102 valence electrons. The average molecular weight is 284 g/mol. The molecule has 9 heteroatoms. The number of aromatic amines is 1. The van der Waals surface area contributed by atoms with Crippen molar-refractivity contribution < 1.29 is 20.1 Å². The monoisotopic (exact) mass is 284 g/mol. The minimum Gasteiger partial charge on any atom is -0.394 e. The molecule has 1 aliphatic rings. The van der Waals surface area contributed by atoms with Crippen LogP contribution in [-0.2, 0) is 4.74 Å². The normalized spacial score (nSPS) is 31.1. The van der Waals surface area contributed by atoms with Crippen molar-refractivity contribution in [3.8, 4) is 0 Å².